The molecule has 20 heavy (non-hydrogen) atoms. The summed E-state index contributed by atoms with van der Waals surface area (Å²) in [5, 5.41) is 17.9. The lowest BCUT2D eigenvalue weighted by molar-refractivity contribution is 0.921. The Kier molecular flexibility index (Phi) is 4.03. The highest BCUT2D eigenvalue weighted by Crippen LogP contribution is 2.19. The van der Waals surface area contributed by atoms with Crippen molar-refractivity contribution in [1.82, 2.24) is 0 Å². The van der Waals surface area contributed by atoms with Crippen LogP contribution in [0.25, 0.3) is 0 Å². The molecule has 2 aromatic rings. The standard InChI is InChI=1S/C17H15N3/c1-13-8-17(7-6-16(13)11-19)20(2)12-15-5-3-4-14(9-15)10-18/h3-9H,12H2,1-2H3. The summed E-state index contributed by atoms with van der Waals surface area (Å²) in [6, 6.07) is 17.7. The van der Waals surface area contributed by atoms with Gasteiger partial charge in [0.1, 0.15) is 0 Å². The summed E-state index contributed by atoms with van der Waals surface area (Å²) in [4.78, 5) is 2.10. The second kappa shape index (κ2) is 5.91. The van der Waals surface area contributed by atoms with E-state index in [1.54, 1.807) is 6.07 Å². The molecule has 0 fully saturated rings. The highest BCUT2D eigenvalue weighted by Gasteiger charge is 2.05. The molecule has 0 amide bonds. The van der Waals surface area contributed by atoms with Crippen molar-refractivity contribution in [2.45, 2.75) is 13.5 Å². The number of benzene rings is 2. The average Bonchev–Trinajstić information content (AvgIpc) is 2.47. The molecule has 0 aliphatic heterocycles. The zero-order valence-corrected chi connectivity index (χ0v) is 11.6. The van der Waals surface area contributed by atoms with Crippen LogP contribution in [0, 0.1) is 29.6 Å². The molecule has 0 atom stereocenters. The largest absolute Gasteiger partial charge is 0.370 e. The number of nitrogens with zero attached hydrogens (tertiary/aromatic N) is 3. The topological polar surface area (TPSA) is 50.8 Å². The van der Waals surface area contributed by atoms with Gasteiger partial charge < -0.3 is 4.90 Å². The Morgan fingerprint density at radius 3 is 2.50 bits per heavy atom. The molecule has 0 heterocycles. The summed E-state index contributed by atoms with van der Waals surface area (Å²) in [5.74, 6) is 0. The van der Waals surface area contributed by atoms with Gasteiger partial charge in [0.15, 0.2) is 0 Å². The van der Waals surface area contributed by atoms with E-state index in [0.717, 1.165) is 23.4 Å². The van der Waals surface area contributed by atoms with Gasteiger partial charge in [-0.25, -0.2) is 0 Å². The van der Waals surface area contributed by atoms with Crippen LogP contribution in [0.5, 0.6) is 0 Å². The monoisotopic (exact) mass is 261 g/mol. The number of aryl methyl sites for hydroxylation is 1. The molecule has 0 saturated heterocycles. The van der Waals surface area contributed by atoms with Crippen molar-refractivity contribution in [3.05, 3.63) is 64.7 Å². The molecule has 0 aromatic heterocycles. The van der Waals surface area contributed by atoms with Gasteiger partial charge in [-0.2, -0.15) is 10.5 Å². The number of nitriles is 2. The van der Waals surface area contributed by atoms with Crippen LogP contribution in [-0.4, -0.2) is 7.05 Å². The highest BCUT2D eigenvalue weighted by atomic mass is 15.1. The molecule has 2 rings (SSSR count). The lowest BCUT2D eigenvalue weighted by Crippen LogP contribution is -2.16. The van der Waals surface area contributed by atoms with E-state index in [9.17, 15) is 0 Å². The normalized spacial score (nSPS) is 9.60. The van der Waals surface area contributed by atoms with Crippen molar-refractivity contribution in [3.8, 4) is 12.1 Å². The van der Waals surface area contributed by atoms with Crippen LogP contribution in [0.1, 0.15) is 22.3 Å². The molecule has 0 aliphatic carbocycles. The van der Waals surface area contributed by atoms with Crippen LogP contribution in [-0.2, 0) is 6.54 Å². The van der Waals surface area contributed by atoms with Crippen molar-refractivity contribution < 1.29 is 0 Å². The first-order chi connectivity index (χ1) is 9.63. The van der Waals surface area contributed by atoms with Crippen molar-refractivity contribution in [1.29, 1.82) is 10.5 Å². The fraction of sp³-hybridized carbons (Fsp3) is 0.176. The molecule has 0 unspecified atom stereocenters. The van der Waals surface area contributed by atoms with Crippen molar-refractivity contribution in [2.75, 3.05) is 11.9 Å². The van der Waals surface area contributed by atoms with Crippen molar-refractivity contribution in [2.24, 2.45) is 0 Å². The highest BCUT2D eigenvalue weighted by molar-refractivity contribution is 5.53. The second-order valence-corrected chi connectivity index (χ2v) is 4.78. The molecule has 0 saturated carbocycles. The third kappa shape index (κ3) is 2.96. The zero-order chi connectivity index (χ0) is 14.5. The molecule has 0 spiro atoms. The second-order valence-electron chi connectivity index (χ2n) is 4.78. The van der Waals surface area contributed by atoms with E-state index in [2.05, 4.69) is 17.0 Å². The van der Waals surface area contributed by atoms with E-state index in [-0.39, 0.29) is 0 Å². The summed E-state index contributed by atoms with van der Waals surface area (Å²) in [6.07, 6.45) is 0. The first kappa shape index (κ1) is 13.6. The third-order valence-corrected chi connectivity index (χ3v) is 3.25. The molecule has 3 heteroatoms. The van der Waals surface area contributed by atoms with E-state index in [4.69, 9.17) is 10.5 Å². The predicted octanol–water partition coefficient (Wildman–Crippen LogP) is 3.37. The number of rotatable bonds is 3. The van der Waals surface area contributed by atoms with Gasteiger partial charge in [-0.3, -0.25) is 0 Å². The summed E-state index contributed by atoms with van der Waals surface area (Å²) in [6.45, 7) is 2.66. The van der Waals surface area contributed by atoms with Crippen molar-refractivity contribution >= 4 is 5.69 Å². The van der Waals surface area contributed by atoms with Gasteiger partial charge in [0.05, 0.1) is 23.3 Å². The zero-order valence-electron chi connectivity index (χ0n) is 11.6. The lowest BCUT2D eigenvalue weighted by Gasteiger charge is -2.20. The lowest BCUT2D eigenvalue weighted by atomic mass is 10.1. The maximum atomic E-state index is 8.95. The molecule has 0 bridgehead atoms. The number of anilines is 1. The number of hydrogen-bond donors (Lipinski definition) is 0. The van der Waals surface area contributed by atoms with Gasteiger partial charge in [-0.05, 0) is 48.4 Å². The van der Waals surface area contributed by atoms with Gasteiger partial charge in [-0.15, -0.1) is 0 Å². The molecule has 0 aliphatic rings. The Hall–Kier alpha value is -2.78. The fourth-order valence-corrected chi connectivity index (χ4v) is 2.12. The Labute approximate surface area is 119 Å². The van der Waals surface area contributed by atoms with Gasteiger partial charge in [0, 0.05) is 19.3 Å². The fourth-order valence-electron chi connectivity index (χ4n) is 2.12. The smallest absolute Gasteiger partial charge is 0.0994 e. The third-order valence-electron chi connectivity index (χ3n) is 3.25. The maximum absolute atomic E-state index is 8.95. The van der Waals surface area contributed by atoms with Crippen LogP contribution < -0.4 is 4.90 Å². The Morgan fingerprint density at radius 2 is 1.85 bits per heavy atom. The average molecular weight is 261 g/mol. The molecule has 98 valence electrons. The quantitative estimate of drug-likeness (QED) is 0.851. The number of hydrogen-bond acceptors (Lipinski definition) is 3. The minimum absolute atomic E-state index is 0.673. The molecular formula is C17H15N3. The maximum Gasteiger partial charge on any atom is 0.0994 e. The van der Waals surface area contributed by atoms with Crippen LogP contribution in [0.15, 0.2) is 42.5 Å². The Bertz CT molecular complexity index is 705. The van der Waals surface area contributed by atoms with Gasteiger partial charge in [0.2, 0.25) is 0 Å². The van der Waals surface area contributed by atoms with Crippen molar-refractivity contribution in [3.63, 3.8) is 0 Å². The first-order valence-corrected chi connectivity index (χ1v) is 6.35. The summed E-state index contributed by atoms with van der Waals surface area (Å²) >= 11 is 0. The van der Waals surface area contributed by atoms with Crippen LogP contribution >= 0.6 is 0 Å². The van der Waals surface area contributed by atoms with E-state index < -0.39 is 0 Å². The van der Waals surface area contributed by atoms with Gasteiger partial charge >= 0.3 is 0 Å². The summed E-state index contributed by atoms with van der Waals surface area (Å²) < 4.78 is 0. The van der Waals surface area contributed by atoms with E-state index in [1.807, 2.05) is 50.4 Å². The molecule has 0 N–H and O–H groups in total. The van der Waals surface area contributed by atoms with Crippen LogP contribution in [0.3, 0.4) is 0 Å². The molecular weight excluding hydrogens is 246 g/mol. The Balaban J connectivity index is 2.20. The molecule has 2 aromatic carbocycles. The Morgan fingerprint density at radius 1 is 1.05 bits per heavy atom. The predicted molar refractivity (Wildman–Crippen MR) is 79.2 cm³/mol. The summed E-state index contributed by atoms with van der Waals surface area (Å²) in [5.41, 5.74) is 4.50. The molecule has 0 radical (unpaired) electrons. The van der Waals surface area contributed by atoms with E-state index >= 15 is 0 Å². The SMILES string of the molecule is Cc1cc(N(C)Cc2cccc(C#N)c2)ccc1C#N. The first-order valence-electron chi connectivity index (χ1n) is 6.35. The van der Waals surface area contributed by atoms with Crippen LogP contribution in [0.4, 0.5) is 5.69 Å². The molecule has 3 nitrogen and oxygen atoms in total. The summed E-state index contributed by atoms with van der Waals surface area (Å²) in [7, 11) is 2.00. The van der Waals surface area contributed by atoms with Crippen LogP contribution in [0.2, 0.25) is 0 Å². The van der Waals surface area contributed by atoms with E-state index in [1.165, 1.54) is 0 Å². The minimum atomic E-state index is 0.673. The van der Waals surface area contributed by atoms with E-state index in [0.29, 0.717) is 11.1 Å². The van der Waals surface area contributed by atoms with Gasteiger partial charge in [-0.1, -0.05) is 12.1 Å². The minimum Gasteiger partial charge on any atom is -0.370 e. The van der Waals surface area contributed by atoms with Gasteiger partial charge in [0.25, 0.3) is 0 Å².